The minimum atomic E-state index is -1.14. The van der Waals surface area contributed by atoms with E-state index in [1.165, 1.54) is 0 Å². The third-order valence-corrected chi connectivity index (χ3v) is 9.18. The zero-order chi connectivity index (χ0) is 19.7. The fourth-order valence-corrected chi connectivity index (χ4v) is 0.306. The summed E-state index contributed by atoms with van der Waals surface area (Å²) in [6.07, 6.45) is 0. The second-order valence-corrected chi connectivity index (χ2v) is 22.7. The molecule has 0 saturated carbocycles. The molecule has 0 bridgehead atoms. The topological polar surface area (TPSA) is 48.1 Å². The third-order valence-electron chi connectivity index (χ3n) is 3.06. The van der Waals surface area contributed by atoms with Gasteiger partial charge < -0.3 is 19.9 Å². The Morgan fingerprint density at radius 3 is 0.913 bits per heavy atom. The highest BCUT2D eigenvalue weighted by Crippen LogP contribution is 1.93. The summed E-state index contributed by atoms with van der Waals surface area (Å²) < 4.78 is 0. The van der Waals surface area contributed by atoms with Gasteiger partial charge in [-0.05, 0) is 28.2 Å². The summed E-state index contributed by atoms with van der Waals surface area (Å²) in [5.74, 6) is 0. The average Bonchev–Trinajstić information content (AvgIpc) is 2.48. The molecule has 0 fully saturated rings. The molecule has 0 aliphatic heterocycles. The summed E-state index contributed by atoms with van der Waals surface area (Å²) in [4.78, 5) is 12.8. The Hall–Kier alpha value is 0.448. The van der Waals surface area contributed by atoms with Gasteiger partial charge in [0.1, 0.15) is 34.4 Å². The van der Waals surface area contributed by atoms with Crippen molar-refractivity contribution in [1.82, 2.24) is 19.9 Å². The van der Waals surface area contributed by atoms with Gasteiger partial charge in [-0.2, -0.15) is 0 Å². The van der Waals surface area contributed by atoms with Crippen molar-refractivity contribution in [2.75, 3.05) is 28.2 Å². The zero-order valence-electron chi connectivity index (χ0n) is 18.4. The van der Waals surface area contributed by atoms with Gasteiger partial charge in [0.05, 0.1) is 0 Å². The van der Waals surface area contributed by atoms with Gasteiger partial charge in [0.25, 0.3) is 0 Å². The summed E-state index contributed by atoms with van der Waals surface area (Å²) in [5, 5.41) is 0. The zero-order valence-corrected chi connectivity index (χ0v) is 22.7. The number of hydrogen-bond donors (Lipinski definition) is 4. The average molecular weight is 397 g/mol. The van der Waals surface area contributed by atoms with Crippen LogP contribution < -0.4 is 19.9 Å². The van der Waals surface area contributed by atoms with Crippen molar-refractivity contribution in [3.8, 4) is 0 Å². The van der Waals surface area contributed by atoms with Crippen molar-refractivity contribution >= 4 is 34.4 Å². The molecule has 0 aromatic rings. The fourth-order valence-electron chi connectivity index (χ4n) is 0.102. The van der Waals surface area contributed by atoms with Crippen LogP contribution in [0.2, 0.25) is 58.9 Å². The molecule has 0 amide bonds. The first-order valence-corrected chi connectivity index (χ1v) is 20.9. The normalized spacial score (nSPS) is 10.7. The first kappa shape index (κ1) is 31.2. The molecular weight excluding hydrogens is 349 g/mol. The first-order chi connectivity index (χ1) is 10.2. The second-order valence-electron chi connectivity index (χ2n) is 7.56. The molecule has 4 N–H and O–H groups in total. The fraction of sp³-hybridized carbons (Fsp3) is 0.867. The molecule has 0 aromatic heterocycles. The van der Waals surface area contributed by atoms with E-state index in [2.05, 4.69) is 85.4 Å². The molecular formula is C15H48N4Si4. The molecule has 0 radical (unpaired) electrons. The highest BCUT2D eigenvalue weighted by Gasteiger charge is 2.10. The molecule has 0 heterocycles. The summed E-state index contributed by atoms with van der Waals surface area (Å²) >= 11 is 0. The lowest BCUT2D eigenvalue weighted by Gasteiger charge is -2.13. The minimum Gasteiger partial charge on any atom is -0.343 e. The van der Waals surface area contributed by atoms with Gasteiger partial charge in [-0.15, -0.1) is 6.58 Å². The number of nitrogens with one attached hydrogen (secondary N) is 4. The first-order valence-electron chi connectivity index (χ1n) is 8.58. The van der Waals surface area contributed by atoms with Gasteiger partial charge in [0.2, 0.25) is 0 Å². The van der Waals surface area contributed by atoms with E-state index in [9.17, 15) is 0 Å². The van der Waals surface area contributed by atoms with Gasteiger partial charge >= 0.3 is 0 Å². The molecule has 0 atom stereocenters. The van der Waals surface area contributed by atoms with E-state index in [0.717, 1.165) is 0 Å². The number of rotatable bonds is 5. The summed E-state index contributed by atoms with van der Waals surface area (Å²) in [6, 6.07) is 0. The second kappa shape index (κ2) is 18.8. The van der Waals surface area contributed by atoms with Crippen LogP contribution in [0.25, 0.3) is 0 Å². The minimum absolute atomic E-state index is 0.400. The van der Waals surface area contributed by atoms with Crippen LogP contribution in [0.5, 0.6) is 0 Å². The summed E-state index contributed by atoms with van der Waals surface area (Å²) in [6.45, 7) is 23.9. The van der Waals surface area contributed by atoms with Gasteiger partial charge in [-0.25, -0.2) is 0 Å². The number of hydrogen-bond acceptors (Lipinski definition) is 4. The van der Waals surface area contributed by atoms with Crippen molar-refractivity contribution in [1.29, 1.82) is 0 Å². The largest absolute Gasteiger partial charge is 0.343 e. The van der Waals surface area contributed by atoms with Crippen LogP contribution in [0.3, 0.4) is 0 Å². The molecule has 0 aliphatic carbocycles. The highest BCUT2D eigenvalue weighted by atomic mass is 28.3. The van der Waals surface area contributed by atoms with Crippen LogP contribution in [-0.4, -0.2) is 62.6 Å². The van der Waals surface area contributed by atoms with Crippen molar-refractivity contribution in [3.05, 3.63) is 12.3 Å². The van der Waals surface area contributed by atoms with E-state index in [4.69, 9.17) is 0 Å². The summed E-state index contributed by atoms with van der Waals surface area (Å²) in [5.41, 5.74) is 2.02. The van der Waals surface area contributed by atoms with Crippen molar-refractivity contribution in [2.24, 2.45) is 0 Å². The van der Waals surface area contributed by atoms with E-state index < -0.39 is 34.4 Å². The van der Waals surface area contributed by atoms with Gasteiger partial charge in [-0.1, -0.05) is 64.6 Å². The Morgan fingerprint density at radius 1 is 0.696 bits per heavy atom. The van der Waals surface area contributed by atoms with Crippen molar-refractivity contribution in [3.63, 3.8) is 0 Å². The molecule has 0 saturated heterocycles. The van der Waals surface area contributed by atoms with E-state index in [-0.39, 0.29) is 0 Å². The van der Waals surface area contributed by atoms with E-state index in [0.29, 0.717) is 0 Å². The molecule has 0 aromatic carbocycles. The van der Waals surface area contributed by atoms with Crippen LogP contribution in [0, 0.1) is 0 Å². The predicted molar refractivity (Wildman–Crippen MR) is 125 cm³/mol. The molecule has 0 aliphatic rings. The lowest BCUT2D eigenvalue weighted by molar-refractivity contribution is 1.16. The summed E-state index contributed by atoms with van der Waals surface area (Å²) in [7, 11) is 5.20. The Bertz CT molecular complexity index is 234. The molecule has 4 nitrogen and oxygen atoms in total. The van der Waals surface area contributed by atoms with Gasteiger partial charge in [0, 0.05) is 0 Å². The SMILES string of the molecule is C=C[Si](C)(C)NC.CN[SiH](C)C.CN[SiH](C)C.CN[Si](C)(C)C. The lowest BCUT2D eigenvalue weighted by Crippen LogP contribution is -2.39. The van der Waals surface area contributed by atoms with Crippen LogP contribution in [-0.2, 0) is 0 Å². The molecule has 0 unspecified atom stereocenters. The van der Waals surface area contributed by atoms with E-state index >= 15 is 0 Å². The third kappa shape index (κ3) is 51.9. The maximum Gasteiger partial charge on any atom is 0.143 e. The van der Waals surface area contributed by atoms with Crippen LogP contribution in [0.15, 0.2) is 12.3 Å². The quantitative estimate of drug-likeness (QED) is 0.539. The van der Waals surface area contributed by atoms with Crippen molar-refractivity contribution < 1.29 is 0 Å². The highest BCUT2D eigenvalue weighted by molar-refractivity contribution is 6.79. The maximum absolute atomic E-state index is 3.70. The smallest absolute Gasteiger partial charge is 0.143 e. The van der Waals surface area contributed by atoms with Gasteiger partial charge in [0.15, 0.2) is 0 Å². The van der Waals surface area contributed by atoms with Crippen LogP contribution in [0.1, 0.15) is 0 Å². The maximum atomic E-state index is 3.70. The Labute approximate surface area is 153 Å². The lowest BCUT2D eigenvalue weighted by atomic mass is 11.3. The van der Waals surface area contributed by atoms with Gasteiger partial charge in [-0.3, -0.25) is 0 Å². The molecule has 0 spiro atoms. The van der Waals surface area contributed by atoms with Crippen LogP contribution in [0.4, 0.5) is 0 Å². The molecule has 8 heteroatoms. The van der Waals surface area contributed by atoms with E-state index in [1.54, 1.807) is 0 Å². The van der Waals surface area contributed by atoms with Crippen LogP contribution >= 0.6 is 0 Å². The molecule has 0 rings (SSSR count). The Morgan fingerprint density at radius 2 is 0.913 bits per heavy atom. The van der Waals surface area contributed by atoms with Crippen molar-refractivity contribution in [2.45, 2.75) is 58.9 Å². The standard InChI is InChI=1S/C5H13NSi.C4H13NSi.2C3H11NSi/c1-5-7(3,4)6-2;1-5-6(2,3)4;2*1-4-5(2)3/h5-6H,1H2,2-4H3;5H,1-4H3;2*4-5H,1-3H3. The monoisotopic (exact) mass is 396 g/mol. The van der Waals surface area contributed by atoms with E-state index in [1.807, 2.05) is 33.9 Å². The Kier molecular flexibility index (Phi) is 25.5. The predicted octanol–water partition coefficient (Wildman–Crippen LogP) is 2.56. The Balaban J connectivity index is -0.000000106. The molecule has 144 valence electrons. The molecule has 23 heavy (non-hydrogen) atoms.